The molecule has 3 N–H and O–H groups in total. The molecule has 1 atom stereocenters. The van der Waals surface area contributed by atoms with E-state index in [9.17, 15) is 5.11 Å². The molecule has 0 amide bonds. The van der Waals surface area contributed by atoms with Crippen LogP contribution in [0.3, 0.4) is 0 Å². The monoisotopic (exact) mass is 438 g/mol. The molecule has 0 aliphatic carbocycles. The van der Waals surface area contributed by atoms with Gasteiger partial charge in [0.05, 0.1) is 25.9 Å². The lowest BCUT2D eigenvalue weighted by Crippen LogP contribution is -2.42. The van der Waals surface area contributed by atoms with E-state index in [1.54, 1.807) is 0 Å². The number of likely N-dealkylation sites (tertiary alicyclic amines) is 1. The van der Waals surface area contributed by atoms with Gasteiger partial charge in [-0.2, -0.15) is 0 Å². The van der Waals surface area contributed by atoms with Crippen LogP contribution in [0.15, 0.2) is 59.6 Å². The van der Waals surface area contributed by atoms with Gasteiger partial charge in [0.25, 0.3) is 0 Å². The second kappa shape index (κ2) is 13.9. The van der Waals surface area contributed by atoms with Gasteiger partial charge in [-0.15, -0.1) is 0 Å². The van der Waals surface area contributed by atoms with E-state index in [1.165, 1.54) is 43.5 Å². The fraction of sp³-hybridized carbons (Fsp3) is 0.500. The summed E-state index contributed by atoms with van der Waals surface area (Å²) >= 11 is 0. The highest BCUT2D eigenvalue weighted by Gasteiger charge is 2.10. The minimum absolute atomic E-state index is 0.278. The van der Waals surface area contributed by atoms with E-state index in [4.69, 9.17) is 4.74 Å². The molecule has 0 radical (unpaired) electrons. The summed E-state index contributed by atoms with van der Waals surface area (Å²) in [5.74, 6) is 0.701. The van der Waals surface area contributed by atoms with Crippen molar-refractivity contribution in [1.29, 1.82) is 0 Å². The molecule has 0 bridgehead atoms. The summed E-state index contributed by atoms with van der Waals surface area (Å²) in [5, 5.41) is 16.7. The average Bonchev–Trinajstić information content (AvgIpc) is 2.83. The highest BCUT2D eigenvalue weighted by Crippen LogP contribution is 2.14. The van der Waals surface area contributed by atoms with Gasteiger partial charge in [-0.05, 0) is 49.5 Å². The zero-order valence-electron chi connectivity index (χ0n) is 19.3. The average molecular weight is 439 g/mol. The largest absolute Gasteiger partial charge is 0.389 e. The summed E-state index contributed by atoms with van der Waals surface area (Å²) in [7, 11) is 0. The molecule has 2 aromatic carbocycles. The van der Waals surface area contributed by atoms with Crippen LogP contribution in [-0.2, 0) is 24.4 Å². The topological polar surface area (TPSA) is 69.1 Å². The van der Waals surface area contributed by atoms with Crippen LogP contribution in [0.1, 0.15) is 42.9 Å². The first-order valence-electron chi connectivity index (χ1n) is 11.8. The number of nitrogens with zero attached hydrogens (tertiary/aromatic N) is 2. The molecule has 1 fully saturated rings. The number of benzene rings is 2. The third-order valence-electron chi connectivity index (χ3n) is 5.57. The van der Waals surface area contributed by atoms with Gasteiger partial charge in [0.2, 0.25) is 0 Å². The molecule has 6 heteroatoms. The van der Waals surface area contributed by atoms with E-state index in [1.807, 2.05) is 37.3 Å². The Balaban J connectivity index is 1.40. The zero-order chi connectivity index (χ0) is 22.4. The maximum atomic E-state index is 10.2. The van der Waals surface area contributed by atoms with Crippen LogP contribution < -0.4 is 10.6 Å². The summed E-state index contributed by atoms with van der Waals surface area (Å²) in [6.07, 6.45) is 3.41. The molecular weight excluding hydrogens is 400 g/mol. The lowest BCUT2D eigenvalue weighted by atomic mass is 10.1. The van der Waals surface area contributed by atoms with Crippen LogP contribution >= 0.6 is 0 Å². The Morgan fingerprint density at radius 1 is 0.969 bits per heavy atom. The molecule has 0 aromatic heterocycles. The Morgan fingerprint density at radius 2 is 1.69 bits per heavy atom. The SMILES string of the molecule is CCNC(=NCc1ccc(CN2CCCCC2)cc1)NCC(O)COCc1ccccc1. The lowest BCUT2D eigenvalue weighted by Gasteiger charge is -2.26. The molecule has 3 rings (SSSR count). The molecule has 1 unspecified atom stereocenters. The molecule has 6 nitrogen and oxygen atoms in total. The van der Waals surface area contributed by atoms with Crippen molar-refractivity contribution in [3.63, 3.8) is 0 Å². The highest BCUT2D eigenvalue weighted by atomic mass is 16.5. The standard InChI is InChI=1S/C26H38N4O2/c1-2-27-26(29-18-25(31)21-32-20-24-9-5-3-6-10-24)28-17-22-11-13-23(14-12-22)19-30-15-7-4-8-16-30/h3,5-6,9-14,25,31H,2,4,7-8,15-21H2,1H3,(H2,27,28,29). The van der Waals surface area contributed by atoms with E-state index in [2.05, 4.69) is 44.8 Å². The summed E-state index contributed by atoms with van der Waals surface area (Å²) in [5.41, 5.74) is 3.64. The van der Waals surface area contributed by atoms with Crippen molar-refractivity contribution >= 4 is 5.96 Å². The quantitative estimate of drug-likeness (QED) is 0.371. The predicted molar refractivity (Wildman–Crippen MR) is 130 cm³/mol. The summed E-state index contributed by atoms with van der Waals surface area (Å²) in [6, 6.07) is 18.7. The number of aliphatic hydroxyl groups is 1. The van der Waals surface area contributed by atoms with Crippen molar-refractivity contribution in [3.8, 4) is 0 Å². The molecular formula is C26H38N4O2. The van der Waals surface area contributed by atoms with E-state index in [-0.39, 0.29) is 6.61 Å². The number of aliphatic imine (C=N–C) groups is 1. The molecule has 1 saturated heterocycles. The van der Waals surface area contributed by atoms with Crippen LogP contribution in [0.5, 0.6) is 0 Å². The third kappa shape index (κ3) is 8.99. The Hall–Kier alpha value is -2.41. The Morgan fingerprint density at radius 3 is 2.41 bits per heavy atom. The molecule has 0 spiro atoms. The molecule has 32 heavy (non-hydrogen) atoms. The molecule has 1 aliphatic rings. The maximum Gasteiger partial charge on any atom is 0.191 e. The van der Waals surface area contributed by atoms with Crippen molar-refractivity contribution in [3.05, 3.63) is 71.3 Å². The summed E-state index contributed by atoms with van der Waals surface area (Å²) < 4.78 is 5.61. The maximum absolute atomic E-state index is 10.2. The minimum atomic E-state index is -0.600. The van der Waals surface area contributed by atoms with Gasteiger partial charge < -0.3 is 20.5 Å². The van der Waals surface area contributed by atoms with E-state index in [0.29, 0.717) is 25.7 Å². The molecule has 174 valence electrons. The molecule has 2 aromatic rings. The summed E-state index contributed by atoms with van der Waals surface area (Å²) in [6.45, 7) is 8.03. The zero-order valence-corrected chi connectivity index (χ0v) is 19.3. The van der Waals surface area contributed by atoms with Gasteiger partial charge in [-0.25, -0.2) is 4.99 Å². The van der Waals surface area contributed by atoms with Crippen molar-refractivity contribution < 1.29 is 9.84 Å². The first-order valence-corrected chi connectivity index (χ1v) is 11.8. The van der Waals surface area contributed by atoms with E-state index >= 15 is 0 Å². The fourth-order valence-electron chi connectivity index (χ4n) is 3.80. The van der Waals surface area contributed by atoms with Crippen molar-refractivity contribution in [2.75, 3.05) is 32.8 Å². The molecule has 0 saturated carbocycles. The van der Waals surface area contributed by atoms with Crippen LogP contribution in [0.2, 0.25) is 0 Å². The van der Waals surface area contributed by atoms with Gasteiger partial charge in [-0.1, -0.05) is 61.0 Å². The Labute approximate surface area is 192 Å². The third-order valence-corrected chi connectivity index (χ3v) is 5.57. The lowest BCUT2D eigenvalue weighted by molar-refractivity contribution is 0.0308. The Bertz CT molecular complexity index is 789. The number of piperidine rings is 1. The van der Waals surface area contributed by atoms with Crippen LogP contribution in [0.25, 0.3) is 0 Å². The van der Waals surface area contributed by atoms with Crippen LogP contribution in [-0.4, -0.2) is 54.9 Å². The number of nitrogens with one attached hydrogen (secondary N) is 2. The van der Waals surface area contributed by atoms with Gasteiger partial charge in [0.15, 0.2) is 5.96 Å². The number of ether oxygens (including phenoxy) is 1. The van der Waals surface area contributed by atoms with Crippen molar-refractivity contribution in [1.82, 2.24) is 15.5 Å². The number of guanidine groups is 1. The second-order valence-electron chi connectivity index (χ2n) is 8.38. The van der Waals surface area contributed by atoms with Gasteiger partial charge in [-0.3, -0.25) is 4.90 Å². The van der Waals surface area contributed by atoms with Crippen LogP contribution in [0, 0.1) is 0 Å². The predicted octanol–water partition coefficient (Wildman–Crippen LogP) is 3.31. The number of hydrogen-bond donors (Lipinski definition) is 3. The number of rotatable bonds is 11. The normalized spacial score (nSPS) is 16.0. The summed E-state index contributed by atoms with van der Waals surface area (Å²) in [4.78, 5) is 7.20. The van der Waals surface area contributed by atoms with Gasteiger partial charge >= 0.3 is 0 Å². The molecule has 1 aliphatic heterocycles. The van der Waals surface area contributed by atoms with E-state index in [0.717, 1.165) is 18.7 Å². The number of hydrogen-bond acceptors (Lipinski definition) is 4. The van der Waals surface area contributed by atoms with E-state index < -0.39 is 6.10 Å². The minimum Gasteiger partial charge on any atom is -0.389 e. The Kier molecular flexibility index (Phi) is 10.5. The fourth-order valence-corrected chi connectivity index (χ4v) is 3.80. The first-order chi connectivity index (χ1) is 15.7. The molecule has 1 heterocycles. The van der Waals surface area contributed by atoms with Gasteiger partial charge in [0, 0.05) is 19.6 Å². The first kappa shape index (κ1) is 24.2. The smallest absolute Gasteiger partial charge is 0.191 e. The van der Waals surface area contributed by atoms with Crippen molar-refractivity contribution in [2.45, 2.75) is 52.0 Å². The van der Waals surface area contributed by atoms with Crippen LogP contribution in [0.4, 0.5) is 0 Å². The van der Waals surface area contributed by atoms with Gasteiger partial charge in [0.1, 0.15) is 0 Å². The highest BCUT2D eigenvalue weighted by molar-refractivity contribution is 5.79. The second-order valence-corrected chi connectivity index (χ2v) is 8.38. The van der Waals surface area contributed by atoms with Crippen molar-refractivity contribution in [2.24, 2.45) is 4.99 Å². The number of aliphatic hydroxyl groups excluding tert-OH is 1.